The average molecular weight is 638 g/mol. The van der Waals surface area contributed by atoms with Crippen LogP contribution in [0.2, 0.25) is 0 Å². The second-order valence-corrected chi connectivity index (χ2v) is 10.9. The smallest absolute Gasteiger partial charge is 0.328 e. The van der Waals surface area contributed by atoms with E-state index >= 15 is 0 Å². The molecule has 0 saturated heterocycles. The lowest BCUT2D eigenvalue weighted by molar-refractivity contribution is -0.150. The quantitative estimate of drug-likeness (QED) is 0.0659. The Balaban J connectivity index is 1.74. The standard InChI is InChI=1S/C33H43N5O8/c1-3-9-24-11-12-25(13-14-30(43)44)26(22-24)37-27(40)15-19-34-28(41)23-36-32(46)33(16-8-17-33)31(45)35-18-5-4-6-20-38(2)29(42)10-7-21-39/h3,7,9-14,21-22H,4-6,8,15-20,23H2,1-2H3,(H,34,41)(H,35,45)(H,36,46)(H,37,40)(H,43,44)/b9-3+,10-7-,14-13+. The molecule has 1 aliphatic rings. The fourth-order valence-electron chi connectivity index (χ4n) is 4.67. The second kappa shape index (κ2) is 19.3. The first-order valence-electron chi connectivity index (χ1n) is 15.2. The van der Waals surface area contributed by atoms with Crippen molar-refractivity contribution in [3.63, 3.8) is 0 Å². The van der Waals surface area contributed by atoms with E-state index in [1.807, 2.05) is 19.1 Å². The molecule has 13 heteroatoms. The van der Waals surface area contributed by atoms with Gasteiger partial charge in [0.1, 0.15) is 11.7 Å². The molecule has 1 aromatic carbocycles. The summed E-state index contributed by atoms with van der Waals surface area (Å²) in [4.78, 5) is 85.2. The predicted octanol–water partition coefficient (Wildman–Crippen LogP) is 2.05. The minimum absolute atomic E-state index is 0.000411. The number of likely N-dealkylation sites (N-methyl/N-ethyl adjacent to an activating group) is 1. The number of nitrogens with zero attached hydrogens (tertiary/aromatic N) is 1. The maximum atomic E-state index is 12.9. The number of carboxylic acids is 1. The van der Waals surface area contributed by atoms with Crippen molar-refractivity contribution in [3.8, 4) is 0 Å². The van der Waals surface area contributed by atoms with Crippen LogP contribution < -0.4 is 21.3 Å². The lowest BCUT2D eigenvalue weighted by atomic mass is 9.67. The SMILES string of the molecule is C/C=C/c1ccc(/C=C/C(=O)O)c(NC(=O)CCNC(=O)CNC(=O)C2(C(=O)NCCCCCN(C)C(=O)/C=C\C=O)CCC2)c1. The lowest BCUT2D eigenvalue weighted by Gasteiger charge is -2.38. The van der Waals surface area contributed by atoms with Gasteiger partial charge in [0.15, 0.2) is 0 Å². The molecule has 5 N–H and O–H groups in total. The van der Waals surface area contributed by atoms with Crippen LogP contribution in [-0.2, 0) is 33.6 Å². The van der Waals surface area contributed by atoms with Crippen molar-refractivity contribution in [2.75, 3.05) is 38.5 Å². The number of allylic oxidation sites excluding steroid dienone is 2. The highest BCUT2D eigenvalue weighted by Crippen LogP contribution is 2.41. The molecule has 46 heavy (non-hydrogen) atoms. The summed E-state index contributed by atoms with van der Waals surface area (Å²) >= 11 is 0. The first kappa shape index (κ1) is 37.1. The van der Waals surface area contributed by atoms with Crippen LogP contribution in [0.25, 0.3) is 12.2 Å². The van der Waals surface area contributed by atoms with Gasteiger partial charge in [0.05, 0.1) is 6.54 Å². The molecule has 1 fully saturated rings. The molecule has 0 heterocycles. The van der Waals surface area contributed by atoms with Crippen LogP contribution in [0.3, 0.4) is 0 Å². The third-order valence-corrected chi connectivity index (χ3v) is 7.43. The van der Waals surface area contributed by atoms with E-state index in [2.05, 4.69) is 21.3 Å². The van der Waals surface area contributed by atoms with Crippen LogP contribution in [0.4, 0.5) is 5.69 Å². The molecule has 0 aliphatic heterocycles. The Labute approximate surface area is 268 Å². The van der Waals surface area contributed by atoms with Gasteiger partial charge in [-0.2, -0.15) is 0 Å². The van der Waals surface area contributed by atoms with Gasteiger partial charge in [-0.05, 0) is 68.4 Å². The maximum absolute atomic E-state index is 12.9. The Bertz CT molecular complexity index is 1360. The topological polar surface area (TPSA) is 191 Å². The van der Waals surface area contributed by atoms with Gasteiger partial charge < -0.3 is 31.3 Å². The van der Waals surface area contributed by atoms with Gasteiger partial charge >= 0.3 is 5.97 Å². The molecule has 0 unspecified atom stereocenters. The highest BCUT2D eigenvalue weighted by molar-refractivity contribution is 6.06. The Hall–Kier alpha value is -5.07. The van der Waals surface area contributed by atoms with Gasteiger partial charge in [0.2, 0.25) is 29.5 Å². The third kappa shape index (κ3) is 12.1. The number of unbranched alkanes of at least 4 members (excludes halogenated alkanes) is 2. The zero-order valence-corrected chi connectivity index (χ0v) is 26.3. The van der Waals surface area contributed by atoms with Crippen molar-refractivity contribution >= 4 is 59.6 Å². The lowest BCUT2D eigenvalue weighted by Crippen LogP contribution is -2.56. The molecular weight excluding hydrogens is 594 g/mol. The summed E-state index contributed by atoms with van der Waals surface area (Å²) < 4.78 is 0. The van der Waals surface area contributed by atoms with Gasteiger partial charge in [0.25, 0.3) is 0 Å². The third-order valence-electron chi connectivity index (χ3n) is 7.43. The van der Waals surface area contributed by atoms with Gasteiger partial charge in [-0.3, -0.25) is 28.8 Å². The number of aliphatic carboxylic acids is 1. The number of rotatable bonds is 19. The minimum Gasteiger partial charge on any atom is -0.478 e. The zero-order valence-electron chi connectivity index (χ0n) is 26.3. The molecule has 0 atom stereocenters. The molecule has 1 aromatic rings. The number of benzene rings is 1. The second-order valence-electron chi connectivity index (χ2n) is 10.9. The first-order chi connectivity index (χ1) is 22.0. The minimum atomic E-state index is -1.22. The van der Waals surface area contributed by atoms with Crippen molar-refractivity contribution in [1.29, 1.82) is 0 Å². The number of carboxylic acid groups (broad SMARTS) is 1. The maximum Gasteiger partial charge on any atom is 0.328 e. The molecule has 2 rings (SSSR count). The normalized spacial score (nSPS) is 13.6. The zero-order chi connectivity index (χ0) is 34.0. The van der Waals surface area contributed by atoms with Crippen LogP contribution >= 0.6 is 0 Å². The van der Waals surface area contributed by atoms with E-state index in [0.29, 0.717) is 62.7 Å². The molecule has 1 aliphatic carbocycles. The van der Waals surface area contributed by atoms with Crippen LogP contribution in [-0.4, -0.2) is 85.0 Å². The van der Waals surface area contributed by atoms with Gasteiger partial charge in [-0.15, -0.1) is 0 Å². The molecule has 5 amide bonds. The molecule has 0 spiro atoms. The van der Waals surface area contributed by atoms with Gasteiger partial charge in [-0.1, -0.05) is 30.7 Å². The summed E-state index contributed by atoms with van der Waals surface area (Å²) in [5, 5.41) is 19.6. The number of carbonyl (C=O) groups excluding carboxylic acids is 6. The van der Waals surface area contributed by atoms with E-state index in [1.165, 1.54) is 17.1 Å². The molecule has 0 radical (unpaired) electrons. The van der Waals surface area contributed by atoms with Crippen molar-refractivity contribution in [3.05, 3.63) is 53.6 Å². The predicted molar refractivity (Wildman–Crippen MR) is 173 cm³/mol. The molecule has 13 nitrogen and oxygen atoms in total. The van der Waals surface area contributed by atoms with E-state index in [4.69, 9.17) is 5.11 Å². The van der Waals surface area contributed by atoms with Gasteiger partial charge in [0, 0.05) is 50.9 Å². The van der Waals surface area contributed by atoms with Crippen molar-refractivity contribution < 1.29 is 38.7 Å². The van der Waals surface area contributed by atoms with E-state index in [1.54, 1.807) is 25.2 Å². The number of hydrogen-bond acceptors (Lipinski definition) is 7. The molecule has 1 saturated carbocycles. The van der Waals surface area contributed by atoms with E-state index in [0.717, 1.165) is 24.1 Å². The average Bonchev–Trinajstić information content (AvgIpc) is 2.99. The van der Waals surface area contributed by atoms with Crippen LogP contribution in [0.1, 0.15) is 63.0 Å². The van der Waals surface area contributed by atoms with E-state index in [9.17, 15) is 33.6 Å². The number of anilines is 1. The van der Waals surface area contributed by atoms with Crippen LogP contribution in [0, 0.1) is 5.41 Å². The Morgan fingerprint density at radius 2 is 1.65 bits per heavy atom. The summed E-state index contributed by atoms with van der Waals surface area (Å²) in [6, 6.07) is 5.19. The van der Waals surface area contributed by atoms with Gasteiger partial charge in [-0.25, -0.2) is 4.79 Å². The largest absolute Gasteiger partial charge is 0.478 e. The highest BCUT2D eigenvalue weighted by atomic mass is 16.4. The van der Waals surface area contributed by atoms with Crippen molar-refractivity contribution in [2.45, 2.75) is 51.9 Å². The number of nitrogens with one attached hydrogen (secondary N) is 4. The molecular formula is C33H43N5O8. The summed E-state index contributed by atoms with van der Waals surface area (Å²) in [5.74, 6) is -3.19. The Morgan fingerprint density at radius 3 is 2.30 bits per heavy atom. The summed E-state index contributed by atoms with van der Waals surface area (Å²) in [5.41, 5.74) is 0.523. The Morgan fingerprint density at radius 1 is 0.913 bits per heavy atom. The van der Waals surface area contributed by atoms with Crippen molar-refractivity contribution in [1.82, 2.24) is 20.9 Å². The Kier molecular flexibility index (Phi) is 15.6. The van der Waals surface area contributed by atoms with E-state index < -0.39 is 29.1 Å². The highest BCUT2D eigenvalue weighted by Gasteiger charge is 2.50. The van der Waals surface area contributed by atoms with E-state index in [-0.39, 0.29) is 31.3 Å². The number of carbonyl (C=O) groups is 7. The number of amides is 5. The fraction of sp³-hybridized carbons (Fsp3) is 0.424. The first-order valence-corrected chi connectivity index (χ1v) is 15.2. The summed E-state index contributed by atoms with van der Waals surface area (Å²) in [7, 11) is 1.64. The monoisotopic (exact) mass is 637 g/mol. The van der Waals surface area contributed by atoms with Crippen LogP contribution in [0.15, 0.2) is 42.5 Å². The number of hydrogen-bond donors (Lipinski definition) is 5. The summed E-state index contributed by atoms with van der Waals surface area (Å²) in [6.07, 6.45) is 12.4. The molecule has 0 bridgehead atoms. The molecule has 248 valence electrons. The fourth-order valence-corrected chi connectivity index (χ4v) is 4.67. The molecule has 0 aromatic heterocycles. The number of aldehydes is 1. The van der Waals surface area contributed by atoms with Crippen molar-refractivity contribution in [2.24, 2.45) is 5.41 Å². The van der Waals surface area contributed by atoms with Crippen LogP contribution in [0.5, 0.6) is 0 Å². The summed E-state index contributed by atoms with van der Waals surface area (Å²) in [6.45, 7) is 2.38.